The van der Waals surface area contributed by atoms with Crippen LogP contribution in [0.4, 0.5) is 0 Å². The largest absolute Gasteiger partial charge is 0.347 e. The minimum absolute atomic E-state index is 0.144. The van der Waals surface area contributed by atoms with Gasteiger partial charge < -0.3 is 14.9 Å². The minimum atomic E-state index is 0.144. The summed E-state index contributed by atoms with van der Waals surface area (Å²) in [6.07, 6.45) is 4.42. The molecule has 1 atom stereocenters. The topological polar surface area (TPSA) is 58.5 Å². The van der Waals surface area contributed by atoms with Gasteiger partial charge in [-0.25, -0.2) is 9.97 Å². The molecule has 0 amide bonds. The lowest BCUT2D eigenvalue weighted by Gasteiger charge is -2.13. The summed E-state index contributed by atoms with van der Waals surface area (Å²) >= 11 is 0. The van der Waals surface area contributed by atoms with Crippen LogP contribution in [-0.2, 0) is 13.5 Å². The fraction of sp³-hybridized carbons (Fsp3) is 0.286. The van der Waals surface area contributed by atoms with Crippen molar-refractivity contribution in [3.8, 4) is 0 Å². The number of likely N-dealkylation sites (N-methyl/N-ethyl adjacent to an activating group) is 1. The molecule has 0 aliphatic rings. The molecular weight excluding hydrogens is 238 g/mol. The molecule has 1 aromatic carbocycles. The maximum absolute atomic E-state index is 4.69. The van der Waals surface area contributed by atoms with Crippen molar-refractivity contribution in [3.05, 3.63) is 48.3 Å². The second-order valence-corrected chi connectivity index (χ2v) is 4.60. The first kappa shape index (κ1) is 11.9. The first-order valence-electron chi connectivity index (χ1n) is 6.36. The molecule has 1 unspecified atom stereocenters. The monoisotopic (exact) mass is 255 g/mol. The molecule has 0 saturated carbocycles. The number of H-pyrrole nitrogens is 1. The Balaban J connectivity index is 1.94. The number of aryl methyl sites for hydroxylation is 1. The lowest BCUT2D eigenvalue weighted by molar-refractivity contribution is 0.541. The molecule has 5 heteroatoms. The molecule has 0 saturated heterocycles. The van der Waals surface area contributed by atoms with E-state index in [4.69, 9.17) is 4.98 Å². The van der Waals surface area contributed by atoms with Gasteiger partial charge in [-0.1, -0.05) is 12.1 Å². The number of nitrogens with one attached hydrogen (secondary N) is 2. The van der Waals surface area contributed by atoms with Gasteiger partial charge >= 0.3 is 0 Å². The van der Waals surface area contributed by atoms with Gasteiger partial charge in [-0.15, -0.1) is 0 Å². The highest BCUT2D eigenvalue weighted by atomic mass is 15.1. The number of hydrogen-bond acceptors (Lipinski definition) is 3. The second kappa shape index (κ2) is 4.85. The average molecular weight is 255 g/mol. The van der Waals surface area contributed by atoms with Gasteiger partial charge in [-0.2, -0.15) is 0 Å². The van der Waals surface area contributed by atoms with E-state index in [-0.39, 0.29) is 6.04 Å². The zero-order valence-corrected chi connectivity index (χ0v) is 11.1. The SMILES string of the molecule is CNC(Cc1nc2ccccc2n1C)c1ncc[nH]1. The molecule has 19 heavy (non-hydrogen) atoms. The molecule has 3 aromatic rings. The number of aromatic amines is 1. The highest BCUT2D eigenvalue weighted by molar-refractivity contribution is 5.75. The molecule has 2 heterocycles. The lowest BCUT2D eigenvalue weighted by Crippen LogP contribution is -2.21. The summed E-state index contributed by atoms with van der Waals surface area (Å²) in [7, 11) is 4.00. The number of aromatic nitrogens is 4. The molecule has 0 bridgehead atoms. The van der Waals surface area contributed by atoms with Gasteiger partial charge in [-0.3, -0.25) is 0 Å². The Labute approximate surface area is 111 Å². The van der Waals surface area contributed by atoms with E-state index >= 15 is 0 Å². The van der Waals surface area contributed by atoms with Crippen LogP contribution in [0.1, 0.15) is 17.7 Å². The van der Waals surface area contributed by atoms with Gasteiger partial charge in [0.15, 0.2) is 0 Å². The predicted octanol–water partition coefficient (Wildman–Crippen LogP) is 1.80. The molecule has 2 aromatic heterocycles. The van der Waals surface area contributed by atoms with E-state index in [0.717, 1.165) is 29.1 Å². The summed E-state index contributed by atoms with van der Waals surface area (Å²) in [5.41, 5.74) is 2.20. The van der Waals surface area contributed by atoms with Gasteiger partial charge in [-0.05, 0) is 19.2 Å². The maximum Gasteiger partial charge on any atom is 0.123 e. The Hall–Kier alpha value is -2.14. The third-order valence-corrected chi connectivity index (χ3v) is 3.46. The maximum atomic E-state index is 4.69. The number of benzene rings is 1. The highest BCUT2D eigenvalue weighted by Gasteiger charge is 2.16. The molecule has 98 valence electrons. The van der Waals surface area contributed by atoms with Crippen molar-refractivity contribution < 1.29 is 0 Å². The van der Waals surface area contributed by atoms with E-state index in [0.29, 0.717) is 0 Å². The summed E-state index contributed by atoms with van der Waals surface area (Å²) in [6.45, 7) is 0. The molecule has 0 radical (unpaired) electrons. The first-order chi connectivity index (χ1) is 9.29. The number of hydrogen-bond donors (Lipinski definition) is 2. The standard InChI is InChI=1S/C14H17N5/c1-15-11(14-16-7-8-17-14)9-13-18-10-5-3-4-6-12(10)19(13)2/h3-8,11,15H,9H2,1-2H3,(H,16,17). The molecule has 3 rings (SSSR count). The lowest BCUT2D eigenvalue weighted by atomic mass is 10.2. The van der Waals surface area contributed by atoms with Gasteiger partial charge in [0.05, 0.1) is 17.1 Å². The Morgan fingerprint density at radius 2 is 2.21 bits per heavy atom. The number of rotatable bonds is 4. The van der Waals surface area contributed by atoms with Crippen molar-refractivity contribution in [3.63, 3.8) is 0 Å². The zero-order chi connectivity index (χ0) is 13.2. The van der Waals surface area contributed by atoms with Crippen LogP contribution in [0.3, 0.4) is 0 Å². The molecular formula is C14H17N5. The Bertz CT molecular complexity index is 668. The van der Waals surface area contributed by atoms with E-state index < -0.39 is 0 Å². The molecule has 0 spiro atoms. The van der Waals surface area contributed by atoms with E-state index in [1.54, 1.807) is 6.20 Å². The zero-order valence-electron chi connectivity index (χ0n) is 11.1. The molecule has 5 nitrogen and oxygen atoms in total. The van der Waals surface area contributed by atoms with Gasteiger partial charge in [0.25, 0.3) is 0 Å². The van der Waals surface area contributed by atoms with Crippen molar-refractivity contribution in [2.75, 3.05) is 7.05 Å². The Morgan fingerprint density at radius 1 is 1.37 bits per heavy atom. The van der Waals surface area contributed by atoms with Crippen molar-refractivity contribution >= 4 is 11.0 Å². The van der Waals surface area contributed by atoms with E-state index in [2.05, 4.69) is 33.0 Å². The summed E-state index contributed by atoms with van der Waals surface area (Å²) in [5, 5.41) is 3.28. The van der Waals surface area contributed by atoms with Gasteiger partial charge in [0, 0.05) is 25.9 Å². The highest BCUT2D eigenvalue weighted by Crippen LogP contribution is 2.19. The first-order valence-corrected chi connectivity index (χ1v) is 6.36. The summed E-state index contributed by atoms with van der Waals surface area (Å²) in [5.74, 6) is 1.99. The smallest absolute Gasteiger partial charge is 0.123 e. The summed E-state index contributed by atoms with van der Waals surface area (Å²) in [6, 6.07) is 8.33. The van der Waals surface area contributed by atoms with Crippen LogP contribution in [0, 0.1) is 0 Å². The third kappa shape index (κ3) is 2.13. The van der Waals surface area contributed by atoms with Crippen LogP contribution in [0.2, 0.25) is 0 Å². The minimum Gasteiger partial charge on any atom is -0.347 e. The quantitative estimate of drug-likeness (QED) is 0.747. The van der Waals surface area contributed by atoms with Crippen LogP contribution < -0.4 is 5.32 Å². The van der Waals surface area contributed by atoms with Gasteiger partial charge in [0.1, 0.15) is 11.6 Å². The second-order valence-electron chi connectivity index (χ2n) is 4.60. The molecule has 0 aliphatic heterocycles. The number of para-hydroxylation sites is 2. The van der Waals surface area contributed by atoms with Crippen molar-refractivity contribution in [1.29, 1.82) is 0 Å². The number of nitrogens with zero attached hydrogens (tertiary/aromatic N) is 3. The Kier molecular flexibility index (Phi) is 3.05. The summed E-state index contributed by atoms with van der Waals surface area (Å²) < 4.78 is 2.14. The molecule has 0 aliphatic carbocycles. The van der Waals surface area contributed by atoms with Crippen molar-refractivity contribution in [2.45, 2.75) is 12.5 Å². The van der Waals surface area contributed by atoms with Crippen LogP contribution in [0.25, 0.3) is 11.0 Å². The van der Waals surface area contributed by atoms with E-state index in [1.165, 1.54) is 0 Å². The molecule has 0 fully saturated rings. The Morgan fingerprint density at radius 3 is 2.89 bits per heavy atom. The van der Waals surface area contributed by atoms with Crippen LogP contribution in [0.15, 0.2) is 36.7 Å². The van der Waals surface area contributed by atoms with Crippen LogP contribution in [-0.4, -0.2) is 26.6 Å². The van der Waals surface area contributed by atoms with Crippen LogP contribution >= 0.6 is 0 Å². The van der Waals surface area contributed by atoms with Crippen molar-refractivity contribution in [2.24, 2.45) is 7.05 Å². The predicted molar refractivity (Wildman–Crippen MR) is 74.8 cm³/mol. The van der Waals surface area contributed by atoms with Gasteiger partial charge in [0.2, 0.25) is 0 Å². The number of fused-ring (bicyclic) bond motifs is 1. The fourth-order valence-corrected chi connectivity index (χ4v) is 2.36. The van der Waals surface area contributed by atoms with E-state index in [1.807, 2.05) is 31.4 Å². The average Bonchev–Trinajstić information content (AvgIpc) is 3.06. The summed E-state index contributed by atoms with van der Waals surface area (Å²) in [4.78, 5) is 12.2. The number of imidazole rings is 2. The molecule has 2 N–H and O–H groups in total. The van der Waals surface area contributed by atoms with E-state index in [9.17, 15) is 0 Å². The van der Waals surface area contributed by atoms with Crippen molar-refractivity contribution in [1.82, 2.24) is 24.8 Å². The normalized spacial score (nSPS) is 12.9. The fourth-order valence-electron chi connectivity index (χ4n) is 2.36. The third-order valence-electron chi connectivity index (χ3n) is 3.46. The van der Waals surface area contributed by atoms with Crippen LogP contribution in [0.5, 0.6) is 0 Å².